The Morgan fingerprint density at radius 2 is 2.00 bits per heavy atom. The first kappa shape index (κ1) is 9.86. The van der Waals surface area contributed by atoms with Gasteiger partial charge in [0.05, 0.1) is 5.82 Å². The molecule has 0 spiro atoms. The van der Waals surface area contributed by atoms with Crippen molar-refractivity contribution < 1.29 is 0 Å². The zero-order valence-corrected chi connectivity index (χ0v) is 7.87. The number of allylic oxidation sites excluding steroid dienone is 4. The van der Waals surface area contributed by atoms with Gasteiger partial charge < -0.3 is 16.0 Å². The highest BCUT2D eigenvalue weighted by atomic mass is 15.2. The van der Waals surface area contributed by atoms with Gasteiger partial charge in [-0.1, -0.05) is 24.8 Å². The maximum Gasteiger partial charge on any atom is 0.0987 e. The molecule has 0 aromatic heterocycles. The number of hydrogen-bond acceptors (Lipinski definition) is 3. The van der Waals surface area contributed by atoms with Crippen LogP contribution in [0.25, 0.3) is 0 Å². The van der Waals surface area contributed by atoms with Crippen LogP contribution in [0.1, 0.15) is 0 Å². The van der Waals surface area contributed by atoms with Crippen molar-refractivity contribution in [3.05, 3.63) is 36.7 Å². The second-order valence-electron chi connectivity index (χ2n) is 2.95. The summed E-state index contributed by atoms with van der Waals surface area (Å²) < 4.78 is 0. The lowest BCUT2D eigenvalue weighted by Crippen LogP contribution is -2.44. The molecule has 1 heterocycles. The molecule has 3 N–H and O–H groups in total. The Labute approximate surface area is 79.6 Å². The maximum absolute atomic E-state index is 5.86. The first-order valence-corrected chi connectivity index (χ1v) is 4.55. The van der Waals surface area contributed by atoms with E-state index in [1.165, 1.54) is 0 Å². The summed E-state index contributed by atoms with van der Waals surface area (Å²) in [5, 5.41) is 3.28. The van der Waals surface area contributed by atoms with Gasteiger partial charge in [0.25, 0.3) is 0 Å². The van der Waals surface area contributed by atoms with Gasteiger partial charge in [0, 0.05) is 26.2 Å². The number of nitrogens with zero attached hydrogens (tertiary/aromatic N) is 1. The lowest BCUT2D eigenvalue weighted by molar-refractivity contribution is 0.296. The van der Waals surface area contributed by atoms with Crippen molar-refractivity contribution in [3.63, 3.8) is 0 Å². The van der Waals surface area contributed by atoms with E-state index in [1.807, 2.05) is 18.2 Å². The molecular formula is C10H17N3. The summed E-state index contributed by atoms with van der Waals surface area (Å²) in [7, 11) is 0. The van der Waals surface area contributed by atoms with Gasteiger partial charge in [-0.05, 0) is 6.08 Å². The van der Waals surface area contributed by atoms with Crippen molar-refractivity contribution in [1.82, 2.24) is 10.2 Å². The Morgan fingerprint density at radius 3 is 2.62 bits per heavy atom. The first-order valence-electron chi connectivity index (χ1n) is 4.55. The lowest BCUT2D eigenvalue weighted by atomic mass is 10.3. The van der Waals surface area contributed by atoms with Crippen LogP contribution in [0.15, 0.2) is 36.7 Å². The average molecular weight is 179 g/mol. The quantitative estimate of drug-likeness (QED) is 0.617. The average Bonchev–Trinajstić information content (AvgIpc) is 2.19. The molecule has 0 aromatic rings. The lowest BCUT2D eigenvalue weighted by Gasteiger charge is -2.29. The van der Waals surface area contributed by atoms with Crippen molar-refractivity contribution in [2.24, 2.45) is 5.73 Å². The minimum absolute atomic E-state index is 0.833. The molecule has 0 saturated carbocycles. The van der Waals surface area contributed by atoms with Gasteiger partial charge in [0.15, 0.2) is 0 Å². The number of piperazine rings is 1. The second kappa shape index (κ2) is 5.43. The van der Waals surface area contributed by atoms with Crippen LogP contribution in [0.3, 0.4) is 0 Å². The van der Waals surface area contributed by atoms with E-state index < -0.39 is 0 Å². The van der Waals surface area contributed by atoms with Crippen LogP contribution >= 0.6 is 0 Å². The molecular weight excluding hydrogens is 162 g/mol. The van der Waals surface area contributed by atoms with Crippen LogP contribution in [-0.4, -0.2) is 31.1 Å². The second-order valence-corrected chi connectivity index (χ2v) is 2.95. The highest BCUT2D eigenvalue weighted by Gasteiger charge is 2.08. The Morgan fingerprint density at radius 1 is 1.31 bits per heavy atom. The smallest absolute Gasteiger partial charge is 0.0987 e. The summed E-state index contributed by atoms with van der Waals surface area (Å²) in [6.45, 7) is 7.60. The predicted molar refractivity (Wildman–Crippen MR) is 56.1 cm³/mol. The highest BCUT2D eigenvalue weighted by molar-refractivity contribution is 5.13. The highest BCUT2D eigenvalue weighted by Crippen LogP contribution is 1.99. The first-order chi connectivity index (χ1) is 6.34. The van der Waals surface area contributed by atoms with Crippen molar-refractivity contribution in [1.29, 1.82) is 0 Å². The number of hydrogen-bond donors (Lipinski definition) is 2. The van der Waals surface area contributed by atoms with Crippen LogP contribution < -0.4 is 11.1 Å². The molecule has 0 aliphatic carbocycles. The fraction of sp³-hybridized carbons (Fsp3) is 0.400. The van der Waals surface area contributed by atoms with Gasteiger partial charge in [-0.25, -0.2) is 0 Å². The molecule has 3 nitrogen and oxygen atoms in total. The fourth-order valence-electron chi connectivity index (χ4n) is 1.26. The van der Waals surface area contributed by atoms with Gasteiger partial charge in [0.2, 0.25) is 0 Å². The minimum atomic E-state index is 0.833. The molecule has 0 radical (unpaired) electrons. The Balaban J connectivity index is 2.44. The summed E-state index contributed by atoms with van der Waals surface area (Å²) in [4.78, 5) is 2.17. The van der Waals surface area contributed by atoms with Gasteiger partial charge in [-0.3, -0.25) is 0 Å². The third-order valence-corrected chi connectivity index (χ3v) is 2.00. The standard InChI is InChI=1S/C10H17N3/c1-2-3-4-5-10(11)13-8-6-12-7-9-13/h2-5,12H,1,6-9,11H2/b4-3-,10-5+. The SMILES string of the molecule is C=C/C=C\C=C(/N)N1CCNCC1. The summed E-state index contributed by atoms with van der Waals surface area (Å²) in [6, 6.07) is 0. The van der Waals surface area contributed by atoms with Crippen molar-refractivity contribution in [3.8, 4) is 0 Å². The largest absolute Gasteiger partial charge is 0.385 e. The van der Waals surface area contributed by atoms with E-state index in [4.69, 9.17) is 5.73 Å². The van der Waals surface area contributed by atoms with Crippen LogP contribution in [0.4, 0.5) is 0 Å². The molecule has 1 aliphatic rings. The predicted octanol–water partition coefficient (Wildman–Crippen LogP) is 0.434. The fourth-order valence-corrected chi connectivity index (χ4v) is 1.26. The topological polar surface area (TPSA) is 41.3 Å². The number of rotatable bonds is 3. The van der Waals surface area contributed by atoms with Crippen LogP contribution in [0.2, 0.25) is 0 Å². The van der Waals surface area contributed by atoms with Gasteiger partial charge in [-0.2, -0.15) is 0 Å². The van der Waals surface area contributed by atoms with Gasteiger partial charge in [0.1, 0.15) is 0 Å². The van der Waals surface area contributed by atoms with E-state index in [1.54, 1.807) is 6.08 Å². The van der Waals surface area contributed by atoms with E-state index >= 15 is 0 Å². The number of nitrogens with one attached hydrogen (secondary N) is 1. The molecule has 0 aromatic carbocycles. The molecule has 1 aliphatic heterocycles. The zero-order valence-electron chi connectivity index (χ0n) is 7.87. The Hall–Kier alpha value is -1.22. The molecule has 1 fully saturated rings. The Bertz CT molecular complexity index is 212. The summed E-state index contributed by atoms with van der Waals surface area (Å²) in [5.41, 5.74) is 5.86. The molecule has 1 saturated heterocycles. The molecule has 1 rings (SSSR count). The summed E-state index contributed by atoms with van der Waals surface area (Å²) >= 11 is 0. The van der Waals surface area contributed by atoms with Crippen LogP contribution in [0.5, 0.6) is 0 Å². The molecule has 3 heteroatoms. The van der Waals surface area contributed by atoms with Crippen molar-refractivity contribution in [2.75, 3.05) is 26.2 Å². The number of nitrogens with two attached hydrogens (primary N) is 1. The molecule has 72 valence electrons. The third kappa shape index (κ3) is 3.34. The molecule has 13 heavy (non-hydrogen) atoms. The maximum atomic E-state index is 5.86. The van der Waals surface area contributed by atoms with E-state index in [0.29, 0.717) is 0 Å². The summed E-state index contributed by atoms with van der Waals surface area (Å²) in [5.74, 6) is 0.833. The van der Waals surface area contributed by atoms with E-state index in [2.05, 4.69) is 16.8 Å². The third-order valence-electron chi connectivity index (χ3n) is 2.00. The summed E-state index contributed by atoms with van der Waals surface area (Å²) in [6.07, 6.45) is 7.42. The minimum Gasteiger partial charge on any atom is -0.385 e. The van der Waals surface area contributed by atoms with E-state index in [0.717, 1.165) is 32.0 Å². The van der Waals surface area contributed by atoms with Crippen LogP contribution in [-0.2, 0) is 0 Å². The molecule has 0 bridgehead atoms. The zero-order chi connectivity index (χ0) is 9.52. The van der Waals surface area contributed by atoms with Gasteiger partial charge in [-0.15, -0.1) is 0 Å². The van der Waals surface area contributed by atoms with Crippen LogP contribution in [0, 0.1) is 0 Å². The normalized spacial score (nSPS) is 19.4. The van der Waals surface area contributed by atoms with E-state index in [-0.39, 0.29) is 0 Å². The van der Waals surface area contributed by atoms with Crippen molar-refractivity contribution >= 4 is 0 Å². The molecule has 0 atom stereocenters. The Kier molecular flexibility index (Phi) is 4.12. The van der Waals surface area contributed by atoms with E-state index in [9.17, 15) is 0 Å². The van der Waals surface area contributed by atoms with Gasteiger partial charge >= 0.3 is 0 Å². The molecule has 0 unspecified atom stereocenters. The molecule has 0 amide bonds. The van der Waals surface area contributed by atoms with Crippen molar-refractivity contribution in [2.45, 2.75) is 0 Å². The monoisotopic (exact) mass is 179 g/mol.